The average Bonchev–Trinajstić information content (AvgIpc) is 4.23. The van der Waals surface area contributed by atoms with Crippen molar-refractivity contribution in [3.63, 3.8) is 0 Å². The van der Waals surface area contributed by atoms with E-state index >= 15 is 0 Å². The topological polar surface area (TPSA) is 13.1 Å². The van der Waals surface area contributed by atoms with Gasteiger partial charge in [-0.15, -0.1) is 0 Å². The van der Waals surface area contributed by atoms with Crippen molar-refractivity contribution in [3.05, 3.63) is 352 Å². The maximum Gasteiger partial charge on any atom is 0.0742 e. The van der Waals surface area contributed by atoms with Gasteiger partial charge in [-0.05, 0) is 117 Å². The Labute approximate surface area is 471 Å². The van der Waals surface area contributed by atoms with Crippen molar-refractivity contribution >= 4 is 76.6 Å². The zero-order valence-electron chi connectivity index (χ0n) is 42.6. The molecule has 0 spiro atoms. The molecule has 0 N–H and O–H groups in total. The van der Waals surface area contributed by atoms with Gasteiger partial charge in [-0.25, -0.2) is 0 Å². The van der Waals surface area contributed by atoms with E-state index in [4.69, 9.17) is 0 Å². The van der Waals surface area contributed by atoms with Crippen molar-refractivity contribution < 1.29 is 1.43 Å². The maximum atomic E-state index is 3.70. The van der Waals surface area contributed by atoms with E-state index in [1.54, 1.807) is 0 Å². The third-order valence-corrected chi connectivity index (χ3v) is 17.0. The van der Waals surface area contributed by atoms with Crippen LogP contribution < -0.4 is 4.90 Å². The van der Waals surface area contributed by atoms with E-state index in [1.807, 2.05) is 0 Å². The Morgan fingerprint density at radius 2 is 0.633 bits per heavy atom. The lowest BCUT2D eigenvalue weighted by Crippen LogP contribution is -2.35. The second kappa shape index (κ2) is 19.2. The molecule has 2 aliphatic heterocycles. The summed E-state index contributed by atoms with van der Waals surface area (Å²) in [6.45, 7) is 0. The highest BCUT2D eigenvalue weighted by atomic mass is 79.9. The van der Waals surface area contributed by atoms with Crippen molar-refractivity contribution in [1.29, 1.82) is 0 Å². The molecule has 0 aliphatic carbocycles. The Morgan fingerprint density at radius 1 is 0.291 bits per heavy atom. The third kappa shape index (κ3) is 7.11. The van der Waals surface area contributed by atoms with E-state index in [0.29, 0.717) is 0 Å². The van der Waals surface area contributed by atoms with Crippen LogP contribution in [-0.4, -0.2) is 9.13 Å². The number of hydrogen-bond acceptors (Lipinski definition) is 1. The molecule has 0 fully saturated rings. The van der Waals surface area contributed by atoms with Crippen LogP contribution in [0.1, 0.15) is 53.4 Å². The molecule has 2 aromatic heterocycles. The van der Waals surface area contributed by atoms with Gasteiger partial charge in [0.15, 0.2) is 0 Å². The fraction of sp³-hybridized carbons (Fsp3) is 0.0400. The largest absolute Gasteiger partial charge is 0.310 e. The van der Waals surface area contributed by atoms with E-state index < -0.39 is 10.8 Å². The summed E-state index contributed by atoms with van der Waals surface area (Å²) in [5.74, 6) is 0. The van der Waals surface area contributed by atoms with E-state index in [1.165, 1.54) is 99.5 Å². The molecule has 378 valence electrons. The molecule has 2 aliphatic rings. The summed E-state index contributed by atoms with van der Waals surface area (Å²) in [6.07, 6.45) is 0. The number of nitrogens with zero attached hydrogens (tertiary/aromatic N) is 3. The number of rotatable bonds is 7. The van der Waals surface area contributed by atoms with E-state index in [2.05, 4.69) is 333 Å². The van der Waals surface area contributed by atoms with E-state index in [0.717, 1.165) is 21.5 Å². The first-order valence-corrected chi connectivity index (χ1v) is 27.6. The summed E-state index contributed by atoms with van der Waals surface area (Å²) >= 11 is 3.70. The van der Waals surface area contributed by atoms with E-state index in [-0.39, 0.29) is 8.85 Å². The maximum absolute atomic E-state index is 3.70. The first-order chi connectivity index (χ1) is 38.7. The van der Waals surface area contributed by atoms with Crippen LogP contribution in [0.3, 0.4) is 0 Å². The smallest absolute Gasteiger partial charge is 0.0742 e. The van der Waals surface area contributed by atoms with Crippen LogP contribution in [0.25, 0.3) is 55.0 Å². The van der Waals surface area contributed by atoms with Crippen LogP contribution >= 0.6 is 15.9 Å². The second-order valence-corrected chi connectivity index (χ2v) is 21.4. The first kappa shape index (κ1) is 47.9. The quantitative estimate of drug-likeness (QED) is 0.155. The molecule has 12 aromatic carbocycles. The molecule has 0 saturated heterocycles. The van der Waals surface area contributed by atoms with Gasteiger partial charge in [-0.1, -0.05) is 254 Å². The molecule has 3 nitrogen and oxygen atoms in total. The lowest BCUT2D eigenvalue weighted by atomic mass is 9.63. The van der Waals surface area contributed by atoms with Gasteiger partial charge in [0.05, 0.1) is 44.3 Å². The Kier molecular flexibility index (Phi) is 11.7. The minimum absolute atomic E-state index is 0. The summed E-state index contributed by atoms with van der Waals surface area (Å²) in [6, 6.07) is 110. The van der Waals surface area contributed by atoms with Gasteiger partial charge < -0.3 is 14.0 Å². The molecule has 79 heavy (non-hydrogen) atoms. The molecule has 0 unspecified atom stereocenters. The van der Waals surface area contributed by atoms with Crippen LogP contribution in [0.2, 0.25) is 0 Å². The minimum Gasteiger partial charge on any atom is -0.310 e. The van der Waals surface area contributed by atoms with Gasteiger partial charge in [0.2, 0.25) is 0 Å². The molecule has 0 bridgehead atoms. The highest BCUT2D eigenvalue weighted by Crippen LogP contribution is 2.56. The lowest BCUT2D eigenvalue weighted by molar-refractivity contribution is 0.728. The van der Waals surface area contributed by atoms with Crippen LogP contribution in [0, 0.1) is 0 Å². The van der Waals surface area contributed by atoms with Gasteiger partial charge in [0.1, 0.15) is 0 Å². The zero-order chi connectivity index (χ0) is 51.8. The Hall–Kier alpha value is -9.48. The minimum atomic E-state index is -0.466. The molecule has 0 radical (unpaired) electrons. The fourth-order valence-corrected chi connectivity index (χ4v) is 13.9. The summed E-state index contributed by atoms with van der Waals surface area (Å²) < 4.78 is 6.06. The molecule has 4 heteroatoms. The van der Waals surface area contributed by atoms with Gasteiger partial charge >= 0.3 is 0 Å². The molecule has 4 heterocycles. The van der Waals surface area contributed by atoms with Gasteiger partial charge in [0.25, 0.3) is 0 Å². The summed E-state index contributed by atoms with van der Waals surface area (Å²) in [7, 11) is 0. The Balaban J connectivity index is 0.000000154. The molecule has 0 saturated carbocycles. The predicted molar refractivity (Wildman–Crippen MR) is 337 cm³/mol. The standard InChI is InChI=1S/C43H30N2.C31H20BrN.CH4.H2/c1-5-16-31(17-6-1)43(32-18-7-2-8-19-32)38-25-13-14-27-41(38)45-40-29-28-35(30-37(40)36-24-15-26-39(43)42(36)45)44(33-20-9-3-10-21-33)34-22-11-4-12-23-34;32-23-18-19-28-25(20-23)24-14-9-16-27-30(24)33(28)29-17-8-7-15-26(29)31(27,21-10-3-1-4-11-21)22-12-5-2-6-13-22;;/h1-30H;1-20H;1H4;1H. The highest BCUT2D eigenvalue weighted by Gasteiger charge is 2.46. The number of hydrogen-bond donors (Lipinski definition) is 0. The van der Waals surface area contributed by atoms with Crippen LogP contribution in [0.4, 0.5) is 17.1 Å². The number of para-hydroxylation sites is 6. The number of halogens is 1. The SMILES string of the molecule is Brc1ccc2c(c1)c1cccc3c1n2-c1ccccc1C3(c1ccccc1)c1ccccc1.C.[HH].c1ccc(N(c2ccccc2)c2ccc3c(c2)c2cccc4c2n3-c2ccccc2C4(c2ccccc2)c2ccccc2)cc1. The predicted octanol–water partition coefficient (Wildman–Crippen LogP) is 20.1. The molecule has 0 atom stereocenters. The van der Waals surface area contributed by atoms with Crippen LogP contribution in [-0.2, 0) is 10.8 Å². The number of benzene rings is 12. The lowest BCUT2D eigenvalue weighted by Gasteiger charge is -2.41. The van der Waals surface area contributed by atoms with Crippen molar-refractivity contribution in [2.45, 2.75) is 18.3 Å². The number of anilines is 3. The normalized spacial score (nSPS) is 13.2. The second-order valence-electron chi connectivity index (χ2n) is 20.4. The highest BCUT2D eigenvalue weighted by molar-refractivity contribution is 9.10. The van der Waals surface area contributed by atoms with Crippen molar-refractivity contribution in [3.8, 4) is 11.4 Å². The first-order valence-electron chi connectivity index (χ1n) is 26.8. The van der Waals surface area contributed by atoms with Gasteiger partial charge in [-0.2, -0.15) is 0 Å². The fourth-order valence-electron chi connectivity index (χ4n) is 13.5. The Bertz CT molecular complexity index is 4440. The third-order valence-electron chi connectivity index (χ3n) is 16.5. The Morgan fingerprint density at radius 3 is 1.05 bits per heavy atom. The van der Waals surface area contributed by atoms with Crippen molar-refractivity contribution in [2.24, 2.45) is 0 Å². The summed E-state index contributed by atoms with van der Waals surface area (Å²) in [4.78, 5) is 2.35. The van der Waals surface area contributed by atoms with Gasteiger partial charge in [-0.3, -0.25) is 0 Å². The number of fused-ring (bicyclic) bond motifs is 10. The molecule has 16 rings (SSSR count). The monoisotopic (exact) mass is 1080 g/mol. The molecular formula is C75H56BrN3. The number of aromatic nitrogens is 2. The molecule has 14 aromatic rings. The van der Waals surface area contributed by atoms with E-state index in [9.17, 15) is 0 Å². The summed E-state index contributed by atoms with van der Waals surface area (Å²) in [5, 5.41) is 5.06. The van der Waals surface area contributed by atoms with Crippen molar-refractivity contribution in [1.82, 2.24) is 9.13 Å². The molecular weight excluding hydrogens is 1020 g/mol. The van der Waals surface area contributed by atoms with Crippen molar-refractivity contribution in [2.75, 3.05) is 4.90 Å². The summed E-state index contributed by atoms with van der Waals surface area (Å²) in [5.41, 5.74) is 20.3. The van der Waals surface area contributed by atoms with Crippen LogP contribution in [0.15, 0.2) is 308 Å². The zero-order valence-corrected chi connectivity index (χ0v) is 44.2. The average molecular weight is 1080 g/mol. The van der Waals surface area contributed by atoms with Crippen LogP contribution in [0.5, 0.6) is 0 Å². The molecule has 0 amide bonds. The van der Waals surface area contributed by atoms with Gasteiger partial charge in [0, 0.05) is 44.5 Å².